The van der Waals surface area contributed by atoms with Crippen molar-refractivity contribution in [3.63, 3.8) is 0 Å². The Kier molecular flexibility index (Phi) is 13.7. The molecule has 0 aromatic heterocycles. The first kappa shape index (κ1) is 39.4. The number of rotatable bonds is 12. The standard InChI is InChI=1S/C29H62O8SSi3/c1-20(31)38-19-22-23(35-39(11,12)27(2,3)4)24(36-40(13,14)28(5,6)7)25(37-41(15,16)29(8,9)10)26(34-22)33-18-21(32)17-30/h21-26,30,32H,17-19H2,1-16H3. The molecule has 1 aliphatic heterocycles. The number of aliphatic hydroxyl groups excluding tert-OH is 2. The summed E-state index contributed by atoms with van der Waals surface area (Å²) < 4.78 is 34.3. The first-order valence-corrected chi connectivity index (χ1v) is 24.6. The first-order valence-electron chi connectivity index (χ1n) is 14.9. The van der Waals surface area contributed by atoms with Crippen LogP contribution < -0.4 is 0 Å². The number of thioether (sulfide) groups is 1. The molecule has 6 unspecified atom stereocenters. The van der Waals surface area contributed by atoms with Crippen LogP contribution in [0, 0.1) is 0 Å². The molecule has 8 nitrogen and oxygen atoms in total. The highest BCUT2D eigenvalue weighted by Gasteiger charge is 2.56. The van der Waals surface area contributed by atoms with Crippen molar-refractivity contribution >= 4 is 41.8 Å². The highest BCUT2D eigenvalue weighted by atomic mass is 32.2. The van der Waals surface area contributed by atoms with E-state index in [1.165, 1.54) is 11.8 Å². The fourth-order valence-corrected chi connectivity index (χ4v) is 8.13. The maximum Gasteiger partial charge on any atom is 0.192 e. The predicted octanol–water partition coefficient (Wildman–Crippen LogP) is 6.53. The van der Waals surface area contributed by atoms with Crippen molar-refractivity contribution in [3.05, 3.63) is 0 Å². The SMILES string of the molecule is CC(=O)SCC1OC(OCC(O)CO)C(O[Si](C)(C)C(C)(C)C)C(O[Si](C)(C)C(C)(C)C)C1O[Si](C)(C)C(C)(C)C. The molecule has 0 saturated carbocycles. The molecule has 0 spiro atoms. The van der Waals surface area contributed by atoms with Gasteiger partial charge in [-0.15, -0.1) is 0 Å². The molecule has 1 rings (SSSR count). The molecule has 0 aromatic rings. The van der Waals surface area contributed by atoms with E-state index in [1.807, 2.05) is 0 Å². The lowest BCUT2D eigenvalue weighted by atomic mass is 10.00. The van der Waals surface area contributed by atoms with Crippen LogP contribution in [0.5, 0.6) is 0 Å². The Morgan fingerprint density at radius 1 is 0.780 bits per heavy atom. The van der Waals surface area contributed by atoms with Gasteiger partial charge >= 0.3 is 0 Å². The molecule has 1 saturated heterocycles. The second kappa shape index (κ2) is 14.2. The van der Waals surface area contributed by atoms with Crippen molar-refractivity contribution in [2.24, 2.45) is 0 Å². The number of aliphatic hydroxyl groups is 2. The summed E-state index contributed by atoms with van der Waals surface area (Å²) in [6, 6.07) is 0. The van der Waals surface area contributed by atoms with Crippen molar-refractivity contribution < 1.29 is 37.8 Å². The molecule has 0 bridgehead atoms. The zero-order chi connectivity index (χ0) is 32.4. The Morgan fingerprint density at radius 3 is 1.54 bits per heavy atom. The molecule has 1 aliphatic rings. The van der Waals surface area contributed by atoms with E-state index >= 15 is 0 Å². The lowest BCUT2D eigenvalue weighted by Gasteiger charge is -2.54. The maximum atomic E-state index is 12.1. The minimum atomic E-state index is -2.38. The van der Waals surface area contributed by atoms with Gasteiger partial charge in [0.05, 0.1) is 25.4 Å². The van der Waals surface area contributed by atoms with Crippen LogP contribution in [0.2, 0.25) is 54.4 Å². The molecule has 2 N–H and O–H groups in total. The molecular weight excluding hydrogens is 593 g/mol. The lowest BCUT2D eigenvalue weighted by molar-refractivity contribution is -0.287. The van der Waals surface area contributed by atoms with Gasteiger partial charge in [0, 0.05) is 12.7 Å². The highest BCUT2D eigenvalue weighted by Crippen LogP contribution is 2.46. The van der Waals surface area contributed by atoms with Gasteiger partial charge in [-0.1, -0.05) is 74.1 Å². The highest BCUT2D eigenvalue weighted by molar-refractivity contribution is 8.13. The Balaban J connectivity index is 3.87. The number of carbonyl (C=O) groups excluding carboxylic acids is 1. The summed E-state index contributed by atoms with van der Waals surface area (Å²) in [6.45, 7) is 34.1. The average molecular weight is 655 g/mol. The fourth-order valence-electron chi connectivity index (χ4n) is 3.56. The Labute approximate surface area is 258 Å². The van der Waals surface area contributed by atoms with Gasteiger partial charge in [0.2, 0.25) is 0 Å². The van der Waals surface area contributed by atoms with E-state index in [1.54, 1.807) is 6.92 Å². The molecule has 244 valence electrons. The van der Waals surface area contributed by atoms with Crippen LogP contribution in [0.3, 0.4) is 0 Å². The van der Waals surface area contributed by atoms with Gasteiger partial charge in [-0.05, 0) is 54.4 Å². The Bertz CT molecular complexity index is 848. The second-order valence-electron chi connectivity index (χ2n) is 16.0. The quantitative estimate of drug-likeness (QED) is 0.227. The number of hydrogen-bond acceptors (Lipinski definition) is 9. The molecule has 41 heavy (non-hydrogen) atoms. The van der Waals surface area contributed by atoms with E-state index in [0.717, 1.165) is 0 Å². The lowest BCUT2D eigenvalue weighted by Crippen LogP contribution is -2.68. The van der Waals surface area contributed by atoms with E-state index in [9.17, 15) is 15.0 Å². The second-order valence-corrected chi connectivity index (χ2v) is 31.5. The van der Waals surface area contributed by atoms with Crippen LogP contribution in [0.4, 0.5) is 0 Å². The summed E-state index contributed by atoms with van der Waals surface area (Å²) in [5, 5.41) is 19.4. The first-order chi connectivity index (χ1) is 18.2. The Hall–Kier alpha value is 0.391. The van der Waals surface area contributed by atoms with E-state index in [4.69, 9.17) is 22.8 Å². The van der Waals surface area contributed by atoms with E-state index < -0.39 is 68.4 Å². The molecule has 6 atom stereocenters. The molecule has 0 amide bonds. The minimum absolute atomic E-state index is 0.00522. The summed E-state index contributed by atoms with van der Waals surface area (Å²) in [5.41, 5.74) is 0. The summed E-state index contributed by atoms with van der Waals surface area (Å²) >= 11 is 1.20. The van der Waals surface area contributed by atoms with Crippen molar-refractivity contribution in [1.29, 1.82) is 0 Å². The topological polar surface area (TPSA) is 104 Å². The van der Waals surface area contributed by atoms with Crippen LogP contribution in [-0.2, 0) is 27.5 Å². The normalized spacial score (nSPS) is 26.2. The van der Waals surface area contributed by atoms with Gasteiger partial charge in [0.25, 0.3) is 0 Å². The summed E-state index contributed by atoms with van der Waals surface area (Å²) in [7, 11) is -7.10. The molecule has 0 radical (unpaired) electrons. The minimum Gasteiger partial charge on any atom is -0.409 e. The van der Waals surface area contributed by atoms with Gasteiger partial charge < -0.3 is 33.0 Å². The van der Waals surface area contributed by atoms with Gasteiger partial charge in [0.15, 0.2) is 36.4 Å². The average Bonchev–Trinajstić information content (AvgIpc) is 2.76. The van der Waals surface area contributed by atoms with Gasteiger partial charge in [-0.25, -0.2) is 0 Å². The third kappa shape index (κ3) is 10.8. The number of ether oxygens (including phenoxy) is 2. The largest absolute Gasteiger partial charge is 0.409 e. The van der Waals surface area contributed by atoms with Crippen LogP contribution in [0.25, 0.3) is 0 Å². The Morgan fingerprint density at radius 2 is 1.17 bits per heavy atom. The predicted molar refractivity (Wildman–Crippen MR) is 177 cm³/mol. The smallest absolute Gasteiger partial charge is 0.192 e. The molecule has 0 aliphatic carbocycles. The molecular formula is C29H62O8SSi3. The van der Waals surface area contributed by atoms with Crippen molar-refractivity contribution in [2.75, 3.05) is 19.0 Å². The van der Waals surface area contributed by atoms with Gasteiger partial charge in [0.1, 0.15) is 18.3 Å². The fraction of sp³-hybridized carbons (Fsp3) is 0.966. The number of hydrogen-bond donors (Lipinski definition) is 2. The third-order valence-electron chi connectivity index (χ3n) is 9.42. The molecule has 12 heteroatoms. The van der Waals surface area contributed by atoms with Crippen LogP contribution in [0.15, 0.2) is 0 Å². The van der Waals surface area contributed by atoms with Crippen molar-refractivity contribution in [1.82, 2.24) is 0 Å². The summed E-state index contributed by atoms with van der Waals surface area (Å²) in [6.07, 6.45) is -4.10. The van der Waals surface area contributed by atoms with E-state index in [0.29, 0.717) is 5.75 Å². The number of carbonyl (C=O) groups is 1. The summed E-state index contributed by atoms with van der Waals surface area (Å²) in [5.74, 6) is 0.376. The molecule has 1 heterocycles. The monoisotopic (exact) mass is 654 g/mol. The van der Waals surface area contributed by atoms with E-state index in [-0.39, 0.29) is 26.8 Å². The third-order valence-corrected chi connectivity index (χ3v) is 23.7. The zero-order valence-corrected chi connectivity index (χ0v) is 32.7. The molecule has 0 aromatic carbocycles. The zero-order valence-electron chi connectivity index (χ0n) is 28.8. The van der Waals surface area contributed by atoms with Gasteiger partial charge in [-0.2, -0.15) is 0 Å². The van der Waals surface area contributed by atoms with Crippen LogP contribution in [-0.4, -0.2) is 96.1 Å². The van der Waals surface area contributed by atoms with Crippen LogP contribution >= 0.6 is 11.8 Å². The van der Waals surface area contributed by atoms with E-state index in [2.05, 4.69) is 102 Å². The van der Waals surface area contributed by atoms with Gasteiger partial charge in [-0.3, -0.25) is 4.79 Å². The molecule has 1 fully saturated rings. The van der Waals surface area contributed by atoms with Crippen molar-refractivity contribution in [3.8, 4) is 0 Å². The maximum absolute atomic E-state index is 12.1. The van der Waals surface area contributed by atoms with Crippen molar-refractivity contribution in [2.45, 2.75) is 160 Å². The van der Waals surface area contributed by atoms with Crippen LogP contribution in [0.1, 0.15) is 69.2 Å². The summed E-state index contributed by atoms with van der Waals surface area (Å²) in [4.78, 5) is 12.1.